The van der Waals surface area contributed by atoms with Crippen LogP contribution >= 0.6 is 11.8 Å². The fraction of sp³-hybridized carbons (Fsp3) is 0. The molecule has 0 bridgehead atoms. The summed E-state index contributed by atoms with van der Waals surface area (Å²) in [6, 6.07) is 21.5. The number of halogens is 2. The number of pyridine rings is 2. The van der Waals surface area contributed by atoms with Crippen molar-refractivity contribution in [2.24, 2.45) is 0 Å². The first kappa shape index (κ1) is 21.6. The smallest absolute Gasteiger partial charge is 0.779 e. The molecule has 4 rings (SSSR count). The zero-order valence-corrected chi connectivity index (χ0v) is 18.6. The van der Waals surface area contributed by atoms with Crippen LogP contribution in [0.1, 0.15) is 0 Å². The number of aromatic nitrogens is 2. The van der Waals surface area contributed by atoms with Gasteiger partial charge in [-0.15, -0.1) is 6.07 Å². The molecule has 0 saturated carbocycles. The molecule has 29 heavy (non-hydrogen) atoms. The molecular formula is C22H12F2N2PtS2. The maximum atomic E-state index is 14.5. The van der Waals surface area contributed by atoms with Gasteiger partial charge in [0.05, 0.1) is 16.7 Å². The average molecular weight is 602 g/mol. The SMILES string of the molecule is Fc1cc(F)c(-c2cccc(Sc3ccccc3[S-])n2)[c-]c1-c1ccccn1.[Pt+2]. The molecule has 4 aromatic rings. The third kappa shape index (κ3) is 4.89. The van der Waals surface area contributed by atoms with E-state index in [-0.39, 0.29) is 32.2 Å². The topological polar surface area (TPSA) is 25.8 Å². The minimum absolute atomic E-state index is 0. The van der Waals surface area contributed by atoms with Gasteiger partial charge < -0.3 is 12.6 Å². The summed E-state index contributed by atoms with van der Waals surface area (Å²) in [5.74, 6) is -1.44. The van der Waals surface area contributed by atoms with Crippen LogP contribution in [0.15, 0.2) is 87.7 Å². The third-order valence-electron chi connectivity index (χ3n) is 3.95. The predicted octanol–water partition coefficient (Wildman–Crippen LogP) is 5.94. The molecular weight excluding hydrogens is 589 g/mol. The fourth-order valence-electron chi connectivity index (χ4n) is 2.64. The number of nitrogens with zero attached hydrogens (tertiary/aromatic N) is 2. The second kappa shape index (κ2) is 9.57. The normalized spacial score (nSPS) is 10.4. The Bertz CT molecular complexity index is 1140. The zero-order valence-electron chi connectivity index (χ0n) is 14.7. The Morgan fingerprint density at radius 2 is 1.52 bits per heavy atom. The van der Waals surface area contributed by atoms with Crippen LogP contribution < -0.4 is 0 Å². The van der Waals surface area contributed by atoms with Crippen LogP contribution in [0, 0.1) is 17.7 Å². The van der Waals surface area contributed by atoms with Crippen molar-refractivity contribution < 1.29 is 29.8 Å². The van der Waals surface area contributed by atoms with Crippen LogP contribution in [-0.4, -0.2) is 9.97 Å². The molecule has 0 fully saturated rings. The maximum absolute atomic E-state index is 14.5. The Kier molecular flexibility index (Phi) is 7.12. The minimum atomic E-state index is -0.726. The minimum Gasteiger partial charge on any atom is -0.779 e. The van der Waals surface area contributed by atoms with Gasteiger partial charge in [-0.1, -0.05) is 71.4 Å². The van der Waals surface area contributed by atoms with Crippen molar-refractivity contribution in [2.75, 3.05) is 0 Å². The van der Waals surface area contributed by atoms with Gasteiger partial charge in [-0.3, -0.25) is 18.7 Å². The van der Waals surface area contributed by atoms with Crippen molar-refractivity contribution in [3.05, 3.63) is 90.6 Å². The van der Waals surface area contributed by atoms with E-state index in [1.165, 1.54) is 11.8 Å². The van der Waals surface area contributed by atoms with E-state index >= 15 is 0 Å². The molecule has 2 aromatic heterocycles. The average Bonchev–Trinajstić information content (AvgIpc) is 2.71. The van der Waals surface area contributed by atoms with Gasteiger partial charge in [0.25, 0.3) is 0 Å². The van der Waals surface area contributed by atoms with Crippen molar-refractivity contribution in [1.82, 2.24) is 9.97 Å². The van der Waals surface area contributed by atoms with Crippen molar-refractivity contribution in [1.29, 1.82) is 0 Å². The summed E-state index contributed by atoms with van der Waals surface area (Å²) in [5.41, 5.74) is 0.942. The Balaban J connectivity index is 0.00000240. The monoisotopic (exact) mass is 601 g/mol. The Morgan fingerprint density at radius 1 is 0.828 bits per heavy atom. The summed E-state index contributed by atoms with van der Waals surface area (Å²) >= 11 is 6.72. The predicted molar refractivity (Wildman–Crippen MR) is 108 cm³/mol. The standard InChI is InChI=1S/C22H13F2N2S2.Pt/c23-16-13-17(24)15(12-14(16)18-6-3-4-11-25-18)19-7-5-10-22(26-19)28-21-9-2-1-8-20(21)27;/h1-11,13,27H;/q-1;+2/p-1. The van der Waals surface area contributed by atoms with Gasteiger partial charge in [0.15, 0.2) is 0 Å². The molecule has 0 aliphatic rings. The second-order valence-electron chi connectivity index (χ2n) is 5.84. The van der Waals surface area contributed by atoms with Crippen LogP contribution in [-0.2, 0) is 33.7 Å². The van der Waals surface area contributed by atoms with Crippen molar-refractivity contribution in [3.8, 4) is 22.5 Å². The molecule has 2 nitrogen and oxygen atoms in total. The fourth-order valence-corrected chi connectivity index (χ4v) is 3.74. The summed E-state index contributed by atoms with van der Waals surface area (Å²) in [7, 11) is 0. The second-order valence-corrected chi connectivity index (χ2v) is 7.34. The molecule has 0 saturated heterocycles. The Labute approximate surface area is 191 Å². The summed E-state index contributed by atoms with van der Waals surface area (Å²) in [5, 5.41) is 0.659. The molecule has 7 heteroatoms. The van der Waals surface area contributed by atoms with Gasteiger partial charge in [-0.25, -0.2) is 0 Å². The molecule has 0 atom stereocenters. The summed E-state index contributed by atoms with van der Waals surface area (Å²) in [6.07, 6.45) is 1.55. The van der Waals surface area contributed by atoms with Crippen molar-refractivity contribution >= 4 is 24.4 Å². The van der Waals surface area contributed by atoms with E-state index in [1.807, 2.05) is 30.3 Å². The first-order valence-corrected chi connectivity index (χ1v) is 9.58. The van der Waals surface area contributed by atoms with Crippen LogP contribution in [0.2, 0.25) is 0 Å². The summed E-state index contributed by atoms with van der Waals surface area (Å²) < 4.78 is 28.8. The molecule has 146 valence electrons. The van der Waals surface area contributed by atoms with E-state index in [2.05, 4.69) is 16.0 Å². The Morgan fingerprint density at radius 3 is 2.24 bits per heavy atom. The van der Waals surface area contributed by atoms with Crippen molar-refractivity contribution in [3.63, 3.8) is 0 Å². The van der Waals surface area contributed by atoms with Gasteiger partial charge in [-0.2, -0.15) is 4.90 Å². The first-order chi connectivity index (χ1) is 13.6. The zero-order chi connectivity index (χ0) is 19.5. The molecule has 2 aromatic carbocycles. The van der Waals surface area contributed by atoms with Gasteiger partial charge in [0.1, 0.15) is 0 Å². The number of rotatable bonds is 4. The first-order valence-electron chi connectivity index (χ1n) is 8.36. The van der Waals surface area contributed by atoms with E-state index < -0.39 is 11.6 Å². The Hall–Kier alpha value is -2.14. The van der Waals surface area contributed by atoms with Crippen LogP contribution in [0.4, 0.5) is 8.78 Å². The van der Waals surface area contributed by atoms with Crippen LogP contribution in [0.3, 0.4) is 0 Å². The van der Waals surface area contributed by atoms with Gasteiger partial charge >= 0.3 is 21.1 Å². The molecule has 0 spiro atoms. The van der Waals surface area contributed by atoms with E-state index in [0.717, 1.165) is 15.9 Å². The molecule has 0 N–H and O–H groups in total. The summed E-state index contributed by atoms with van der Waals surface area (Å²) in [4.78, 5) is 10.2. The maximum Gasteiger partial charge on any atom is 2.00 e. The van der Waals surface area contributed by atoms with Crippen molar-refractivity contribution in [2.45, 2.75) is 14.8 Å². The molecule has 0 unspecified atom stereocenters. The van der Waals surface area contributed by atoms with Gasteiger partial charge in [0, 0.05) is 17.6 Å². The van der Waals surface area contributed by atoms with Gasteiger partial charge in [-0.05, 0) is 23.1 Å². The molecule has 0 aliphatic carbocycles. The van der Waals surface area contributed by atoms with Crippen LogP contribution in [0.25, 0.3) is 22.5 Å². The largest absolute Gasteiger partial charge is 2.00 e. The summed E-state index contributed by atoms with van der Waals surface area (Å²) in [6.45, 7) is 0. The quantitative estimate of drug-likeness (QED) is 0.214. The van der Waals surface area contributed by atoms with E-state index in [4.69, 9.17) is 12.6 Å². The third-order valence-corrected chi connectivity index (χ3v) is 5.44. The molecule has 0 radical (unpaired) electrons. The molecule has 2 heterocycles. The number of hydrogen-bond acceptors (Lipinski definition) is 4. The number of hydrogen-bond donors (Lipinski definition) is 0. The molecule has 0 aliphatic heterocycles. The molecule has 0 amide bonds. The van der Waals surface area contributed by atoms with E-state index in [1.54, 1.807) is 36.5 Å². The van der Waals surface area contributed by atoms with E-state index in [9.17, 15) is 8.78 Å². The number of benzene rings is 2. The van der Waals surface area contributed by atoms with Gasteiger partial charge in [0.2, 0.25) is 0 Å². The van der Waals surface area contributed by atoms with E-state index in [0.29, 0.717) is 16.4 Å². The van der Waals surface area contributed by atoms with Crippen LogP contribution in [0.5, 0.6) is 0 Å².